The highest BCUT2D eigenvalue weighted by molar-refractivity contribution is 5.94. The molecule has 0 spiro atoms. The van der Waals surface area contributed by atoms with Crippen LogP contribution in [0.2, 0.25) is 0 Å². The number of aliphatic carboxylic acids is 1. The summed E-state index contributed by atoms with van der Waals surface area (Å²) in [5.74, 6) is -0.0824. The van der Waals surface area contributed by atoms with Crippen molar-refractivity contribution in [2.75, 3.05) is 18.4 Å². The quantitative estimate of drug-likeness (QED) is 0.699. The lowest BCUT2D eigenvalue weighted by atomic mass is 10.1. The fraction of sp³-hybridized carbons (Fsp3) is 0.273. The molecule has 1 aromatic carbocycles. The van der Waals surface area contributed by atoms with Crippen LogP contribution >= 0.6 is 0 Å². The second kappa shape index (κ2) is 4.65. The van der Waals surface area contributed by atoms with Crippen LogP contribution in [-0.2, 0) is 11.2 Å². The Morgan fingerprint density at radius 1 is 1.56 bits per heavy atom. The highest BCUT2D eigenvalue weighted by Crippen LogP contribution is 2.11. The Hall–Kier alpha value is -2.04. The van der Waals surface area contributed by atoms with E-state index in [-0.39, 0.29) is 6.42 Å². The van der Waals surface area contributed by atoms with E-state index in [9.17, 15) is 4.79 Å². The van der Waals surface area contributed by atoms with Crippen LogP contribution in [0.15, 0.2) is 29.3 Å². The van der Waals surface area contributed by atoms with E-state index in [2.05, 4.69) is 15.6 Å². The van der Waals surface area contributed by atoms with Crippen molar-refractivity contribution in [3.63, 3.8) is 0 Å². The molecule has 1 aliphatic rings. The number of hydrogen-bond donors (Lipinski definition) is 3. The first-order valence-corrected chi connectivity index (χ1v) is 5.10. The van der Waals surface area contributed by atoms with Gasteiger partial charge in [0, 0.05) is 12.2 Å². The van der Waals surface area contributed by atoms with Crippen molar-refractivity contribution in [2.24, 2.45) is 4.99 Å². The van der Waals surface area contributed by atoms with Gasteiger partial charge in [-0.05, 0) is 17.7 Å². The predicted octanol–water partition coefficient (Wildman–Crippen LogP) is 0.685. The fourth-order valence-electron chi connectivity index (χ4n) is 1.55. The Morgan fingerprint density at radius 3 is 3.12 bits per heavy atom. The summed E-state index contributed by atoms with van der Waals surface area (Å²) in [7, 11) is 0. The van der Waals surface area contributed by atoms with Gasteiger partial charge in [-0.3, -0.25) is 9.79 Å². The molecular formula is C11H13N3O2. The van der Waals surface area contributed by atoms with E-state index in [0.717, 1.165) is 30.3 Å². The van der Waals surface area contributed by atoms with Crippen molar-refractivity contribution in [3.8, 4) is 0 Å². The minimum atomic E-state index is -0.825. The molecule has 2 rings (SSSR count). The number of guanidine groups is 1. The summed E-state index contributed by atoms with van der Waals surface area (Å²) in [6.07, 6.45) is 0.0371. The largest absolute Gasteiger partial charge is 0.481 e. The second-order valence-electron chi connectivity index (χ2n) is 3.55. The Bertz CT molecular complexity index is 429. The predicted molar refractivity (Wildman–Crippen MR) is 61.7 cm³/mol. The van der Waals surface area contributed by atoms with Gasteiger partial charge in [0.15, 0.2) is 5.96 Å². The molecule has 1 heterocycles. The third-order valence-corrected chi connectivity index (χ3v) is 2.22. The average Bonchev–Trinajstić information content (AvgIpc) is 2.70. The highest BCUT2D eigenvalue weighted by atomic mass is 16.4. The number of nitrogens with one attached hydrogen (secondary N) is 2. The molecule has 1 aromatic rings. The van der Waals surface area contributed by atoms with Crippen molar-refractivity contribution >= 4 is 17.6 Å². The zero-order valence-electron chi connectivity index (χ0n) is 8.73. The Morgan fingerprint density at radius 2 is 2.44 bits per heavy atom. The molecule has 0 fully saturated rings. The van der Waals surface area contributed by atoms with E-state index < -0.39 is 5.97 Å². The lowest BCUT2D eigenvalue weighted by molar-refractivity contribution is -0.136. The molecule has 0 saturated heterocycles. The van der Waals surface area contributed by atoms with Gasteiger partial charge >= 0.3 is 5.97 Å². The maximum Gasteiger partial charge on any atom is 0.307 e. The molecule has 0 radical (unpaired) electrons. The van der Waals surface area contributed by atoms with Crippen LogP contribution in [0.3, 0.4) is 0 Å². The van der Waals surface area contributed by atoms with Crippen LogP contribution in [0.5, 0.6) is 0 Å². The SMILES string of the molecule is O=C(O)Cc1cccc(NC2=NCCN2)c1. The number of benzene rings is 1. The molecule has 0 saturated carbocycles. The number of anilines is 1. The van der Waals surface area contributed by atoms with Crippen molar-refractivity contribution in [3.05, 3.63) is 29.8 Å². The summed E-state index contributed by atoms with van der Waals surface area (Å²) in [6, 6.07) is 7.32. The van der Waals surface area contributed by atoms with E-state index in [1.807, 2.05) is 18.2 Å². The summed E-state index contributed by atoms with van der Waals surface area (Å²) < 4.78 is 0. The number of hydrogen-bond acceptors (Lipinski definition) is 4. The summed E-state index contributed by atoms with van der Waals surface area (Å²) >= 11 is 0. The van der Waals surface area contributed by atoms with Crippen molar-refractivity contribution in [1.82, 2.24) is 5.32 Å². The van der Waals surface area contributed by atoms with Crippen LogP contribution in [-0.4, -0.2) is 30.1 Å². The van der Waals surface area contributed by atoms with Crippen LogP contribution in [0.4, 0.5) is 5.69 Å². The fourth-order valence-corrected chi connectivity index (χ4v) is 1.55. The third kappa shape index (κ3) is 2.73. The number of nitrogens with zero attached hydrogens (tertiary/aromatic N) is 1. The van der Waals surface area contributed by atoms with E-state index >= 15 is 0 Å². The number of carboxylic acid groups (broad SMARTS) is 1. The maximum atomic E-state index is 10.6. The van der Waals surface area contributed by atoms with Crippen molar-refractivity contribution in [1.29, 1.82) is 0 Å². The van der Waals surface area contributed by atoms with Gasteiger partial charge in [-0.25, -0.2) is 0 Å². The molecule has 0 amide bonds. The van der Waals surface area contributed by atoms with Crippen LogP contribution in [0.25, 0.3) is 0 Å². The first kappa shape index (κ1) is 10.5. The van der Waals surface area contributed by atoms with Gasteiger partial charge in [0.25, 0.3) is 0 Å². The third-order valence-electron chi connectivity index (χ3n) is 2.22. The second-order valence-corrected chi connectivity index (χ2v) is 3.55. The van der Waals surface area contributed by atoms with E-state index in [0.29, 0.717) is 0 Å². The Kier molecular flexibility index (Phi) is 3.05. The molecule has 3 N–H and O–H groups in total. The first-order valence-electron chi connectivity index (χ1n) is 5.10. The molecule has 5 heteroatoms. The van der Waals surface area contributed by atoms with Crippen LogP contribution in [0, 0.1) is 0 Å². The van der Waals surface area contributed by atoms with E-state index in [4.69, 9.17) is 5.11 Å². The van der Waals surface area contributed by atoms with Gasteiger partial charge < -0.3 is 15.7 Å². The monoisotopic (exact) mass is 219 g/mol. The Labute approximate surface area is 93.2 Å². The molecule has 16 heavy (non-hydrogen) atoms. The Balaban J connectivity index is 2.06. The minimum Gasteiger partial charge on any atom is -0.481 e. The topological polar surface area (TPSA) is 73.7 Å². The number of carbonyl (C=O) groups is 1. The zero-order chi connectivity index (χ0) is 11.4. The minimum absolute atomic E-state index is 0.0371. The molecule has 0 aromatic heterocycles. The smallest absolute Gasteiger partial charge is 0.307 e. The van der Waals surface area contributed by atoms with Crippen LogP contribution in [0.1, 0.15) is 5.56 Å². The van der Waals surface area contributed by atoms with Crippen LogP contribution < -0.4 is 10.6 Å². The normalized spacial score (nSPS) is 14.1. The van der Waals surface area contributed by atoms with Gasteiger partial charge in [0.1, 0.15) is 0 Å². The van der Waals surface area contributed by atoms with Crippen molar-refractivity contribution < 1.29 is 9.90 Å². The molecule has 1 aliphatic heterocycles. The average molecular weight is 219 g/mol. The lowest BCUT2D eigenvalue weighted by Gasteiger charge is -2.07. The highest BCUT2D eigenvalue weighted by Gasteiger charge is 2.06. The van der Waals surface area contributed by atoms with Gasteiger partial charge in [0.05, 0.1) is 13.0 Å². The van der Waals surface area contributed by atoms with Gasteiger partial charge in [-0.2, -0.15) is 0 Å². The summed E-state index contributed by atoms with van der Waals surface area (Å²) in [4.78, 5) is 14.8. The van der Waals surface area contributed by atoms with Crippen molar-refractivity contribution in [2.45, 2.75) is 6.42 Å². The molecule has 0 aliphatic carbocycles. The molecule has 0 unspecified atom stereocenters. The number of carboxylic acids is 1. The first-order chi connectivity index (χ1) is 7.74. The summed E-state index contributed by atoms with van der Waals surface area (Å²) in [5, 5.41) is 14.9. The molecule has 0 bridgehead atoms. The summed E-state index contributed by atoms with van der Waals surface area (Å²) in [5.41, 5.74) is 1.63. The summed E-state index contributed by atoms with van der Waals surface area (Å²) in [6.45, 7) is 1.62. The van der Waals surface area contributed by atoms with E-state index in [1.54, 1.807) is 6.07 Å². The molecule has 0 atom stereocenters. The van der Waals surface area contributed by atoms with Gasteiger partial charge in [-0.15, -0.1) is 0 Å². The van der Waals surface area contributed by atoms with Gasteiger partial charge in [-0.1, -0.05) is 12.1 Å². The molecular weight excluding hydrogens is 206 g/mol. The number of aliphatic imine (C=N–C) groups is 1. The lowest BCUT2D eigenvalue weighted by Crippen LogP contribution is -2.26. The number of rotatable bonds is 3. The molecule has 84 valence electrons. The standard InChI is InChI=1S/C11H13N3O2/c15-10(16)7-8-2-1-3-9(6-8)14-11-12-4-5-13-11/h1-3,6H,4-5,7H2,(H,15,16)(H2,12,13,14). The van der Waals surface area contributed by atoms with E-state index in [1.165, 1.54) is 0 Å². The zero-order valence-corrected chi connectivity index (χ0v) is 8.73. The maximum absolute atomic E-state index is 10.6. The molecule has 5 nitrogen and oxygen atoms in total. The van der Waals surface area contributed by atoms with Gasteiger partial charge in [0.2, 0.25) is 0 Å².